The molecule has 1 saturated heterocycles. The van der Waals surface area contributed by atoms with Crippen LogP contribution in [0.3, 0.4) is 0 Å². The van der Waals surface area contributed by atoms with Crippen LogP contribution in [-0.4, -0.2) is 52.3 Å². The van der Waals surface area contributed by atoms with E-state index in [0.29, 0.717) is 31.7 Å². The number of carbonyl (C=O) groups excluding carboxylic acids is 2. The van der Waals surface area contributed by atoms with Crippen LogP contribution in [0.4, 0.5) is 0 Å². The number of amides is 1. The molecule has 0 radical (unpaired) electrons. The van der Waals surface area contributed by atoms with Gasteiger partial charge in [0, 0.05) is 32.5 Å². The van der Waals surface area contributed by atoms with E-state index in [2.05, 4.69) is 4.98 Å². The lowest BCUT2D eigenvalue weighted by molar-refractivity contribution is -0.148. The molecule has 1 aromatic rings. The minimum absolute atomic E-state index is 0.0637. The summed E-state index contributed by atoms with van der Waals surface area (Å²) >= 11 is 1.44. The summed E-state index contributed by atoms with van der Waals surface area (Å²) in [6.07, 6.45) is 4.94. The van der Waals surface area contributed by atoms with Gasteiger partial charge in [0.2, 0.25) is 5.91 Å². The van der Waals surface area contributed by atoms with Crippen LogP contribution in [0.5, 0.6) is 0 Å². The Hall–Kier alpha value is -1.50. The fourth-order valence-electron chi connectivity index (χ4n) is 2.24. The monoisotopic (exact) mass is 297 g/mol. The molecule has 0 bridgehead atoms. The van der Waals surface area contributed by atoms with Crippen molar-refractivity contribution in [3.05, 3.63) is 12.4 Å². The Morgan fingerprint density at radius 1 is 1.45 bits per heavy atom. The fourth-order valence-corrected chi connectivity index (χ4v) is 3.07. The summed E-state index contributed by atoms with van der Waals surface area (Å²) in [5, 5.41) is 0.836. The van der Waals surface area contributed by atoms with Crippen molar-refractivity contribution >= 4 is 23.6 Å². The highest BCUT2D eigenvalue weighted by atomic mass is 32.2. The minimum atomic E-state index is -0.167. The van der Waals surface area contributed by atoms with Crippen LogP contribution in [-0.2, 0) is 21.4 Å². The van der Waals surface area contributed by atoms with E-state index in [1.54, 1.807) is 6.20 Å². The molecule has 0 aromatic carbocycles. The molecule has 0 aliphatic carbocycles. The lowest BCUT2D eigenvalue weighted by Gasteiger charge is -2.30. The second-order valence-electron chi connectivity index (χ2n) is 4.79. The van der Waals surface area contributed by atoms with E-state index in [0.717, 1.165) is 5.16 Å². The largest absolute Gasteiger partial charge is 0.469 e. The summed E-state index contributed by atoms with van der Waals surface area (Å²) in [5.74, 6) is 0.250. The van der Waals surface area contributed by atoms with Crippen molar-refractivity contribution in [1.82, 2.24) is 14.5 Å². The Balaban J connectivity index is 1.77. The molecule has 0 atom stereocenters. The van der Waals surface area contributed by atoms with Gasteiger partial charge in [-0.15, -0.1) is 0 Å². The highest BCUT2D eigenvalue weighted by Gasteiger charge is 2.27. The molecule has 20 heavy (non-hydrogen) atoms. The number of hydrogen-bond acceptors (Lipinski definition) is 5. The van der Waals surface area contributed by atoms with Gasteiger partial charge >= 0.3 is 5.97 Å². The van der Waals surface area contributed by atoms with E-state index in [4.69, 9.17) is 4.74 Å². The number of ether oxygens (including phenoxy) is 1. The molecule has 1 aliphatic heterocycles. The molecule has 2 rings (SSSR count). The highest BCUT2D eigenvalue weighted by molar-refractivity contribution is 7.99. The number of aromatic nitrogens is 2. The predicted molar refractivity (Wildman–Crippen MR) is 75.3 cm³/mol. The molecule has 110 valence electrons. The molecule has 0 saturated carbocycles. The molecule has 0 N–H and O–H groups in total. The Kier molecular flexibility index (Phi) is 5.05. The molecule has 1 aliphatic rings. The quantitative estimate of drug-likeness (QED) is 0.611. The van der Waals surface area contributed by atoms with Crippen LogP contribution in [0.2, 0.25) is 0 Å². The smallest absolute Gasteiger partial charge is 0.308 e. The number of esters is 1. The van der Waals surface area contributed by atoms with Crippen molar-refractivity contribution in [2.75, 3.05) is 26.0 Å². The third kappa shape index (κ3) is 3.53. The fraction of sp³-hybridized carbons (Fsp3) is 0.615. The SMILES string of the molecule is COC(=O)C1CCN(C(=O)CSc2nccn2C)CC1. The van der Waals surface area contributed by atoms with Crippen molar-refractivity contribution in [1.29, 1.82) is 0 Å². The van der Waals surface area contributed by atoms with Gasteiger partial charge in [0.25, 0.3) is 0 Å². The molecular weight excluding hydrogens is 278 g/mol. The maximum absolute atomic E-state index is 12.1. The zero-order chi connectivity index (χ0) is 14.5. The van der Waals surface area contributed by atoms with Gasteiger partial charge in [-0.2, -0.15) is 0 Å². The van der Waals surface area contributed by atoms with Crippen LogP contribution in [0.1, 0.15) is 12.8 Å². The van der Waals surface area contributed by atoms with Crippen molar-refractivity contribution in [2.24, 2.45) is 13.0 Å². The number of imidazole rings is 1. The lowest BCUT2D eigenvalue weighted by Crippen LogP contribution is -2.41. The summed E-state index contributed by atoms with van der Waals surface area (Å²) < 4.78 is 6.63. The van der Waals surface area contributed by atoms with Crippen LogP contribution in [0, 0.1) is 5.92 Å². The number of rotatable bonds is 4. The van der Waals surface area contributed by atoms with E-state index in [-0.39, 0.29) is 17.8 Å². The van der Waals surface area contributed by atoms with Gasteiger partial charge in [0.05, 0.1) is 18.8 Å². The third-order valence-electron chi connectivity index (χ3n) is 3.48. The Morgan fingerprint density at radius 2 is 2.15 bits per heavy atom. The van der Waals surface area contributed by atoms with Gasteiger partial charge in [-0.25, -0.2) is 4.98 Å². The second kappa shape index (κ2) is 6.78. The van der Waals surface area contributed by atoms with Crippen LogP contribution in [0.25, 0.3) is 0 Å². The first-order chi connectivity index (χ1) is 9.61. The van der Waals surface area contributed by atoms with Crippen LogP contribution in [0.15, 0.2) is 17.6 Å². The number of hydrogen-bond donors (Lipinski definition) is 0. The van der Waals surface area contributed by atoms with Crippen molar-refractivity contribution in [2.45, 2.75) is 18.0 Å². The Bertz CT molecular complexity index is 481. The highest BCUT2D eigenvalue weighted by Crippen LogP contribution is 2.20. The zero-order valence-electron chi connectivity index (χ0n) is 11.7. The van der Waals surface area contributed by atoms with E-state index < -0.39 is 0 Å². The number of thioether (sulfide) groups is 1. The van der Waals surface area contributed by atoms with Gasteiger partial charge < -0.3 is 14.2 Å². The van der Waals surface area contributed by atoms with E-state index in [1.807, 2.05) is 22.7 Å². The van der Waals surface area contributed by atoms with E-state index in [9.17, 15) is 9.59 Å². The molecular formula is C13H19N3O3S. The summed E-state index contributed by atoms with van der Waals surface area (Å²) in [7, 11) is 3.31. The zero-order valence-corrected chi connectivity index (χ0v) is 12.6. The van der Waals surface area contributed by atoms with Gasteiger partial charge in [0.15, 0.2) is 5.16 Å². The number of nitrogens with zero attached hydrogens (tertiary/aromatic N) is 3. The number of carbonyl (C=O) groups is 2. The van der Waals surface area contributed by atoms with Gasteiger partial charge in [-0.05, 0) is 12.8 Å². The van der Waals surface area contributed by atoms with Crippen molar-refractivity contribution in [3.8, 4) is 0 Å². The van der Waals surface area contributed by atoms with E-state index in [1.165, 1.54) is 18.9 Å². The third-order valence-corrected chi connectivity index (χ3v) is 4.53. The Morgan fingerprint density at radius 3 is 2.70 bits per heavy atom. The molecule has 1 amide bonds. The summed E-state index contributed by atoms with van der Waals surface area (Å²) in [5.41, 5.74) is 0. The maximum Gasteiger partial charge on any atom is 0.308 e. The average Bonchev–Trinajstić information content (AvgIpc) is 2.89. The first-order valence-electron chi connectivity index (χ1n) is 6.57. The summed E-state index contributed by atoms with van der Waals surface area (Å²) in [6, 6.07) is 0. The van der Waals surface area contributed by atoms with Crippen molar-refractivity contribution < 1.29 is 14.3 Å². The molecule has 1 aromatic heterocycles. The van der Waals surface area contributed by atoms with Gasteiger partial charge in [-0.1, -0.05) is 11.8 Å². The first-order valence-corrected chi connectivity index (χ1v) is 7.56. The number of aryl methyl sites for hydroxylation is 1. The average molecular weight is 297 g/mol. The molecule has 7 heteroatoms. The van der Waals surface area contributed by atoms with Crippen molar-refractivity contribution in [3.63, 3.8) is 0 Å². The number of methoxy groups -OCH3 is 1. The maximum atomic E-state index is 12.1. The second-order valence-corrected chi connectivity index (χ2v) is 5.73. The van der Waals surface area contributed by atoms with Gasteiger partial charge in [-0.3, -0.25) is 9.59 Å². The summed E-state index contributed by atoms with van der Waals surface area (Å²) in [6.45, 7) is 1.25. The number of piperidine rings is 1. The summed E-state index contributed by atoms with van der Waals surface area (Å²) in [4.78, 5) is 29.5. The van der Waals surface area contributed by atoms with E-state index >= 15 is 0 Å². The van der Waals surface area contributed by atoms with Crippen LogP contribution < -0.4 is 0 Å². The molecule has 6 nitrogen and oxygen atoms in total. The minimum Gasteiger partial charge on any atom is -0.469 e. The van der Waals surface area contributed by atoms with Gasteiger partial charge in [0.1, 0.15) is 0 Å². The normalized spacial score (nSPS) is 16.2. The first kappa shape index (κ1) is 14.9. The number of likely N-dealkylation sites (tertiary alicyclic amines) is 1. The standard InChI is InChI=1S/C13H19N3O3S/c1-15-8-5-14-13(15)20-9-11(17)16-6-3-10(4-7-16)12(18)19-2/h5,8,10H,3-4,6-7,9H2,1-2H3. The van der Waals surface area contributed by atoms with Crippen LogP contribution >= 0.6 is 11.8 Å². The topological polar surface area (TPSA) is 64.4 Å². The lowest BCUT2D eigenvalue weighted by atomic mass is 9.97. The molecule has 1 fully saturated rings. The Labute approximate surface area is 122 Å². The predicted octanol–water partition coefficient (Wildman–Crippen LogP) is 0.924. The molecule has 2 heterocycles. The molecule has 0 spiro atoms. The molecule has 0 unspecified atom stereocenters.